The average molecular weight is 519 g/mol. The van der Waals surface area contributed by atoms with Gasteiger partial charge in [-0.15, -0.1) is 0 Å². The molecule has 0 fully saturated rings. The third-order valence-corrected chi connectivity index (χ3v) is 7.06. The minimum atomic E-state index is 0.351. The second-order valence-electron chi connectivity index (χ2n) is 6.87. The third-order valence-electron chi connectivity index (χ3n) is 4.85. The van der Waals surface area contributed by atoms with Gasteiger partial charge >= 0.3 is 0 Å². The van der Waals surface area contributed by atoms with E-state index in [0.717, 1.165) is 32.1 Å². The Bertz CT molecular complexity index is 1230. The van der Waals surface area contributed by atoms with Crippen LogP contribution in [0.5, 0.6) is 11.5 Å². The molecular formula is C21H17BrClN5O2S. The van der Waals surface area contributed by atoms with Gasteiger partial charge in [0.15, 0.2) is 34.0 Å². The van der Waals surface area contributed by atoms with Crippen LogP contribution in [0.4, 0.5) is 5.82 Å². The Balaban J connectivity index is 1.43. The highest BCUT2D eigenvalue weighted by atomic mass is 79.9. The molecule has 2 aromatic rings. The van der Waals surface area contributed by atoms with Gasteiger partial charge in [0.1, 0.15) is 13.2 Å². The number of rotatable bonds is 5. The number of hydrogen-bond acceptors (Lipinski definition) is 7. The molecule has 0 saturated carbocycles. The van der Waals surface area contributed by atoms with Crippen LogP contribution in [0.15, 0.2) is 57.3 Å². The Hall–Kier alpha value is -2.49. The van der Waals surface area contributed by atoms with E-state index in [4.69, 9.17) is 31.8 Å². The van der Waals surface area contributed by atoms with Gasteiger partial charge < -0.3 is 19.8 Å². The summed E-state index contributed by atoms with van der Waals surface area (Å²) in [6.07, 6.45) is 2.44. The number of nitrogens with two attached hydrogens (primary N) is 1. The summed E-state index contributed by atoms with van der Waals surface area (Å²) in [6, 6.07) is 11.6. The molecule has 0 bridgehead atoms. The van der Waals surface area contributed by atoms with Gasteiger partial charge in [0.2, 0.25) is 0 Å². The van der Waals surface area contributed by atoms with E-state index in [1.807, 2.05) is 41.0 Å². The zero-order chi connectivity index (χ0) is 21.4. The SMILES string of the molecule is Nc1ncn(CCc2ccccc2Cl)c2nc(Sc3cc4c(cc3Br)OCCO4)nc1-2. The van der Waals surface area contributed by atoms with Crippen molar-refractivity contribution < 1.29 is 9.47 Å². The summed E-state index contributed by atoms with van der Waals surface area (Å²) in [6.45, 7) is 1.73. The summed E-state index contributed by atoms with van der Waals surface area (Å²) in [5.74, 6) is 2.48. The molecule has 0 unspecified atom stereocenters. The van der Waals surface area contributed by atoms with E-state index in [0.29, 0.717) is 48.0 Å². The van der Waals surface area contributed by atoms with E-state index in [2.05, 4.69) is 25.9 Å². The minimum Gasteiger partial charge on any atom is -0.486 e. The number of benzene rings is 2. The van der Waals surface area contributed by atoms with Gasteiger partial charge in [0.05, 0.1) is 6.33 Å². The lowest BCUT2D eigenvalue weighted by Gasteiger charge is -2.19. The smallest absolute Gasteiger partial charge is 0.195 e. The minimum absolute atomic E-state index is 0.351. The first-order chi connectivity index (χ1) is 15.1. The van der Waals surface area contributed by atoms with Crippen molar-refractivity contribution in [3.05, 3.63) is 57.8 Å². The molecule has 0 atom stereocenters. The average Bonchev–Trinajstić information content (AvgIpc) is 3.20. The zero-order valence-electron chi connectivity index (χ0n) is 16.2. The van der Waals surface area contributed by atoms with Crippen LogP contribution >= 0.6 is 39.3 Å². The monoisotopic (exact) mass is 517 g/mol. The number of imidazole rings is 1. The molecule has 0 amide bonds. The normalized spacial score (nSPS) is 13.0. The summed E-state index contributed by atoms with van der Waals surface area (Å²) in [5, 5.41) is 1.33. The Morgan fingerprint density at radius 2 is 1.90 bits per heavy atom. The van der Waals surface area contributed by atoms with E-state index in [1.54, 1.807) is 6.33 Å². The molecule has 2 aromatic carbocycles. The summed E-state index contributed by atoms with van der Waals surface area (Å²) in [4.78, 5) is 14.6. The Labute approximate surface area is 196 Å². The standard InChI is InChI=1S/C21H17BrClN5O2S/c22-13-9-15-16(30-8-7-29-15)10-17(13)31-21-26-18-19(24)25-11-28(20(18)27-21)6-5-12-3-1-2-4-14(12)23/h1-4,9-11H,5-8,24H2. The van der Waals surface area contributed by atoms with Crippen LogP contribution < -0.4 is 15.2 Å². The van der Waals surface area contributed by atoms with Gasteiger partial charge in [-0.05, 0) is 57.9 Å². The van der Waals surface area contributed by atoms with Crippen molar-refractivity contribution in [3.63, 3.8) is 0 Å². The van der Waals surface area contributed by atoms with Crippen molar-refractivity contribution >= 4 is 45.1 Å². The van der Waals surface area contributed by atoms with Gasteiger partial charge in [-0.3, -0.25) is 0 Å². The maximum Gasteiger partial charge on any atom is 0.195 e. The molecule has 3 aliphatic heterocycles. The van der Waals surface area contributed by atoms with Crippen LogP contribution in [0, 0.1) is 0 Å². The molecule has 3 aliphatic rings. The fourth-order valence-electron chi connectivity index (χ4n) is 3.31. The topological polar surface area (TPSA) is 88.1 Å². The largest absolute Gasteiger partial charge is 0.486 e. The molecule has 5 rings (SSSR count). The molecule has 3 heterocycles. The van der Waals surface area contributed by atoms with E-state index in [-0.39, 0.29) is 0 Å². The molecule has 0 spiro atoms. The highest BCUT2D eigenvalue weighted by molar-refractivity contribution is 9.10. The van der Waals surface area contributed by atoms with Gasteiger partial charge in [-0.25, -0.2) is 15.0 Å². The lowest BCUT2D eigenvalue weighted by molar-refractivity contribution is 0.171. The van der Waals surface area contributed by atoms with Crippen LogP contribution in [0.1, 0.15) is 5.56 Å². The predicted octanol–water partition coefficient (Wildman–Crippen LogP) is 4.94. The Morgan fingerprint density at radius 3 is 2.71 bits per heavy atom. The predicted molar refractivity (Wildman–Crippen MR) is 123 cm³/mol. The van der Waals surface area contributed by atoms with E-state index < -0.39 is 0 Å². The van der Waals surface area contributed by atoms with Crippen LogP contribution in [-0.4, -0.2) is 32.7 Å². The first kappa shape index (κ1) is 20.4. The number of nitrogens with zero attached hydrogens (tertiary/aromatic N) is 4. The number of nitrogen functional groups attached to an aromatic ring is 1. The van der Waals surface area contributed by atoms with Gasteiger partial charge in [0, 0.05) is 20.9 Å². The highest BCUT2D eigenvalue weighted by Gasteiger charge is 2.21. The van der Waals surface area contributed by atoms with Gasteiger partial charge in [0.25, 0.3) is 0 Å². The van der Waals surface area contributed by atoms with E-state index in [9.17, 15) is 0 Å². The van der Waals surface area contributed by atoms with Crippen LogP contribution in [0.25, 0.3) is 11.5 Å². The molecule has 7 nitrogen and oxygen atoms in total. The number of fused-ring (bicyclic) bond motifs is 2. The molecule has 10 heteroatoms. The lowest BCUT2D eigenvalue weighted by Crippen LogP contribution is -2.15. The summed E-state index contributed by atoms with van der Waals surface area (Å²) >= 11 is 11.3. The second-order valence-corrected chi connectivity index (χ2v) is 9.14. The molecule has 0 radical (unpaired) electrons. The quantitative estimate of drug-likeness (QED) is 0.400. The number of aryl methyl sites for hydroxylation is 2. The van der Waals surface area contributed by atoms with Crippen molar-refractivity contribution in [3.8, 4) is 23.0 Å². The van der Waals surface area contributed by atoms with Crippen LogP contribution in [0.2, 0.25) is 5.02 Å². The summed E-state index contributed by atoms with van der Waals surface area (Å²) in [5.41, 5.74) is 7.73. The maximum absolute atomic E-state index is 6.29. The first-order valence-electron chi connectivity index (χ1n) is 9.57. The number of ether oxygens (including phenoxy) is 2. The molecular weight excluding hydrogens is 502 g/mol. The van der Waals surface area contributed by atoms with Crippen molar-refractivity contribution in [1.82, 2.24) is 19.5 Å². The van der Waals surface area contributed by atoms with Crippen molar-refractivity contribution in [2.24, 2.45) is 0 Å². The molecule has 0 saturated heterocycles. The molecule has 31 heavy (non-hydrogen) atoms. The zero-order valence-corrected chi connectivity index (χ0v) is 19.4. The second kappa shape index (κ2) is 8.57. The van der Waals surface area contributed by atoms with Crippen molar-refractivity contribution in [2.45, 2.75) is 23.0 Å². The van der Waals surface area contributed by atoms with E-state index in [1.165, 1.54) is 11.8 Å². The summed E-state index contributed by atoms with van der Waals surface area (Å²) in [7, 11) is 0. The van der Waals surface area contributed by atoms with Gasteiger partial charge in [-0.2, -0.15) is 0 Å². The van der Waals surface area contributed by atoms with E-state index >= 15 is 0 Å². The first-order valence-corrected chi connectivity index (χ1v) is 11.6. The number of anilines is 1. The van der Waals surface area contributed by atoms with Crippen molar-refractivity contribution in [1.29, 1.82) is 0 Å². The lowest BCUT2D eigenvalue weighted by atomic mass is 10.1. The van der Waals surface area contributed by atoms with Crippen LogP contribution in [-0.2, 0) is 13.0 Å². The Morgan fingerprint density at radius 1 is 1.13 bits per heavy atom. The number of hydrogen-bond donors (Lipinski definition) is 1. The fourth-order valence-corrected chi connectivity index (χ4v) is 4.89. The Kier molecular flexibility index (Phi) is 5.64. The molecule has 0 aliphatic carbocycles. The highest BCUT2D eigenvalue weighted by Crippen LogP contribution is 2.42. The van der Waals surface area contributed by atoms with Gasteiger partial charge in [-0.1, -0.05) is 29.8 Å². The molecule has 0 aromatic heterocycles. The third kappa shape index (κ3) is 4.17. The fraction of sp³-hybridized carbons (Fsp3) is 0.190. The summed E-state index contributed by atoms with van der Waals surface area (Å²) < 4.78 is 14.2. The number of aromatic nitrogens is 4. The molecule has 2 N–H and O–H groups in total. The number of halogens is 2. The van der Waals surface area contributed by atoms with Crippen LogP contribution in [0.3, 0.4) is 0 Å². The maximum atomic E-state index is 6.29. The molecule has 158 valence electrons. The van der Waals surface area contributed by atoms with Crippen molar-refractivity contribution in [2.75, 3.05) is 18.9 Å².